The number of aliphatic carboxylic acids is 2. The highest BCUT2D eigenvalue weighted by Gasteiger charge is 2.37. The van der Waals surface area contributed by atoms with Gasteiger partial charge in [0.25, 0.3) is 11.8 Å². The highest BCUT2D eigenvalue weighted by Crippen LogP contribution is 2.13. The normalized spacial score (nSPS) is 21.1. The summed E-state index contributed by atoms with van der Waals surface area (Å²) in [6.07, 6.45) is 14.1. The molecule has 16 heteroatoms. The van der Waals surface area contributed by atoms with Crippen LogP contribution in [-0.2, 0) is 47.6 Å². The third-order valence-corrected chi connectivity index (χ3v) is 9.67. The average Bonchev–Trinajstić information content (AvgIpc) is 3.15. The van der Waals surface area contributed by atoms with Crippen molar-refractivity contribution in [1.82, 2.24) is 10.6 Å². The lowest BCUT2D eigenvalue weighted by Gasteiger charge is -2.25. The molecule has 14 nitrogen and oxygen atoms in total. The summed E-state index contributed by atoms with van der Waals surface area (Å²) in [6.45, 7) is 0.00000182. The van der Waals surface area contributed by atoms with Crippen molar-refractivity contribution in [3.63, 3.8) is 0 Å². The topological polar surface area (TPSA) is 188 Å². The second kappa shape index (κ2) is 35.5. The number of unbranched alkanes of at least 4 members (excludes halogenated alkanes) is 16. The predicted molar refractivity (Wildman–Crippen MR) is 206 cm³/mol. The van der Waals surface area contributed by atoms with Crippen molar-refractivity contribution in [2.24, 2.45) is 0 Å². The van der Waals surface area contributed by atoms with E-state index < -0.39 is 48.2 Å². The van der Waals surface area contributed by atoms with Gasteiger partial charge in [0.2, 0.25) is 0 Å². The van der Waals surface area contributed by atoms with Gasteiger partial charge in [-0.05, 0) is 12.8 Å². The van der Waals surface area contributed by atoms with Gasteiger partial charge in [-0.15, -0.1) is 0 Å². The number of ether oxygens (including phenoxy) is 6. The van der Waals surface area contributed by atoms with Gasteiger partial charge in [0, 0.05) is 33.6 Å². The van der Waals surface area contributed by atoms with E-state index in [2.05, 4.69) is 31.1 Å². The maximum Gasteiger partial charge on any atom is 0.336 e. The second-order valence-corrected chi connectivity index (χ2v) is 14.5. The third kappa shape index (κ3) is 26.0. The summed E-state index contributed by atoms with van der Waals surface area (Å²) in [7, 11) is 7.00. The standard InChI is InChI=1S/C38H68N2O12Si2/c41-35(39-19-15-11-7-3-1-5-9-13-17-29-53)31-33(37(43)44)51-27-23-48-22-26-50-32(34(38(45)46)52-28-24-47-21-25-49-31)36(42)40-20-16-12-8-4-2-6-10-14-18-30-54/h31-34H,1-30H2,(H,39,41)(H,40,42)(H,43,44)(H,45,46). The lowest BCUT2D eigenvalue weighted by molar-refractivity contribution is -0.175. The van der Waals surface area contributed by atoms with Crippen molar-refractivity contribution >= 4 is 44.2 Å². The molecular formula is C38H68N2O12Si2. The smallest absolute Gasteiger partial charge is 0.336 e. The molecule has 0 spiro atoms. The minimum Gasteiger partial charge on any atom is -0.479 e. The maximum absolute atomic E-state index is 13.1. The number of hydrogen-bond acceptors (Lipinski definition) is 10. The van der Waals surface area contributed by atoms with Crippen molar-refractivity contribution in [3.05, 3.63) is 0 Å². The predicted octanol–water partition coefficient (Wildman–Crippen LogP) is 4.17. The lowest BCUT2D eigenvalue weighted by atomic mass is 10.1. The Labute approximate surface area is 330 Å². The van der Waals surface area contributed by atoms with Crippen LogP contribution in [0.25, 0.3) is 0 Å². The molecule has 1 fully saturated rings. The first-order valence-electron chi connectivity index (χ1n) is 20.3. The van der Waals surface area contributed by atoms with Crippen LogP contribution < -0.4 is 10.6 Å². The highest BCUT2D eigenvalue weighted by molar-refractivity contribution is 6.08. The Morgan fingerprint density at radius 2 is 0.667 bits per heavy atom. The second-order valence-electron chi connectivity index (χ2n) is 13.5. The molecule has 0 aromatic heterocycles. The van der Waals surface area contributed by atoms with E-state index in [9.17, 15) is 29.4 Å². The molecule has 0 aromatic rings. The quantitative estimate of drug-likeness (QED) is 0.0724. The Balaban J connectivity index is 2.60. The van der Waals surface area contributed by atoms with Crippen LogP contribution >= 0.6 is 0 Å². The van der Waals surface area contributed by atoms with Crippen LogP contribution in [0.4, 0.5) is 0 Å². The van der Waals surface area contributed by atoms with Crippen LogP contribution in [0.2, 0.25) is 12.1 Å². The van der Waals surface area contributed by atoms with E-state index in [0.29, 0.717) is 13.1 Å². The fourth-order valence-corrected chi connectivity index (χ4v) is 6.42. The summed E-state index contributed by atoms with van der Waals surface area (Å²) in [5, 5.41) is 25.4. The van der Waals surface area contributed by atoms with E-state index in [1.165, 1.54) is 64.2 Å². The first kappa shape index (κ1) is 50.1. The van der Waals surface area contributed by atoms with Crippen LogP contribution in [-0.4, -0.2) is 145 Å². The van der Waals surface area contributed by atoms with Crippen LogP contribution in [0, 0.1) is 0 Å². The highest BCUT2D eigenvalue weighted by atomic mass is 28.1. The minimum absolute atomic E-state index is 0.0339. The molecule has 1 heterocycles. The zero-order valence-corrected chi connectivity index (χ0v) is 34.5. The summed E-state index contributed by atoms with van der Waals surface area (Å²) in [6, 6.07) is 2.09. The monoisotopic (exact) mass is 800 g/mol. The summed E-state index contributed by atoms with van der Waals surface area (Å²) < 4.78 is 33.5. The molecule has 2 amide bonds. The average molecular weight is 801 g/mol. The Bertz CT molecular complexity index is 893. The number of nitrogens with one attached hydrogen (secondary N) is 2. The van der Waals surface area contributed by atoms with Gasteiger partial charge in [-0.3, -0.25) is 9.59 Å². The SMILES string of the molecule is O=C(O)C1OCCOCCOC(C(=O)NCCCCCCCCCCC[Si])C(C(=O)O)OCCOCCOC1C(=O)NCCCCCCCCCCC[Si]. The zero-order valence-electron chi connectivity index (χ0n) is 32.5. The van der Waals surface area contributed by atoms with Crippen LogP contribution in [0.1, 0.15) is 116 Å². The number of amides is 2. The number of hydrogen-bond donors (Lipinski definition) is 4. The van der Waals surface area contributed by atoms with E-state index in [-0.39, 0.29) is 52.9 Å². The number of rotatable bonds is 26. The van der Waals surface area contributed by atoms with Gasteiger partial charge >= 0.3 is 11.9 Å². The number of carbonyl (C=O) groups is 4. The summed E-state index contributed by atoms with van der Waals surface area (Å²) >= 11 is 0. The molecule has 1 saturated heterocycles. The van der Waals surface area contributed by atoms with Crippen molar-refractivity contribution in [1.29, 1.82) is 0 Å². The molecule has 0 aromatic carbocycles. The molecule has 0 aliphatic carbocycles. The van der Waals surface area contributed by atoms with Crippen LogP contribution in [0.3, 0.4) is 0 Å². The fraction of sp³-hybridized carbons (Fsp3) is 0.895. The Morgan fingerprint density at radius 1 is 0.407 bits per heavy atom. The fourth-order valence-electron chi connectivity index (χ4n) is 5.92. The van der Waals surface area contributed by atoms with E-state index in [1.54, 1.807) is 0 Å². The van der Waals surface area contributed by atoms with Gasteiger partial charge in [0.1, 0.15) is 0 Å². The van der Waals surface area contributed by atoms with E-state index in [1.807, 2.05) is 0 Å². The van der Waals surface area contributed by atoms with Gasteiger partial charge in [-0.25, -0.2) is 9.59 Å². The molecule has 54 heavy (non-hydrogen) atoms. The molecule has 4 atom stereocenters. The van der Waals surface area contributed by atoms with E-state index in [4.69, 9.17) is 28.4 Å². The van der Waals surface area contributed by atoms with Crippen LogP contribution in [0.15, 0.2) is 0 Å². The first-order valence-corrected chi connectivity index (χ1v) is 21.7. The molecular weight excluding hydrogens is 733 g/mol. The molecule has 1 rings (SSSR count). The maximum atomic E-state index is 13.1. The molecule has 1 aliphatic heterocycles. The van der Waals surface area contributed by atoms with Gasteiger partial charge in [0.15, 0.2) is 24.4 Å². The van der Waals surface area contributed by atoms with Crippen molar-refractivity contribution in [3.8, 4) is 0 Å². The first-order chi connectivity index (χ1) is 26.3. The third-order valence-electron chi connectivity index (χ3n) is 8.96. The van der Waals surface area contributed by atoms with E-state index in [0.717, 1.165) is 63.5 Å². The molecule has 0 bridgehead atoms. The number of carboxylic acids is 2. The Hall–Kier alpha value is -1.93. The molecule has 6 radical (unpaired) electrons. The van der Waals surface area contributed by atoms with E-state index >= 15 is 0 Å². The zero-order chi connectivity index (χ0) is 39.5. The minimum atomic E-state index is -1.59. The summed E-state index contributed by atoms with van der Waals surface area (Å²) in [5.74, 6) is -3.91. The van der Waals surface area contributed by atoms with Crippen LogP contribution in [0.5, 0.6) is 0 Å². The lowest BCUT2D eigenvalue weighted by Crippen LogP contribution is -2.50. The van der Waals surface area contributed by atoms with Gasteiger partial charge in [-0.2, -0.15) is 0 Å². The largest absolute Gasteiger partial charge is 0.479 e. The van der Waals surface area contributed by atoms with Gasteiger partial charge in [0.05, 0.1) is 52.9 Å². The summed E-state index contributed by atoms with van der Waals surface area (Å²) in [4.78, 5) is 50.4. The van der Waals surface area contributed by atoms with Crippen molar-refractivity contribution in [2.45, 2.75) is 152 Å². The number of carbonyl (C=O) groups excluding carboxylic acids is 2. The molecule has 4 N–H and O–H groups in total. The molecule has 1 aliphatic rings. The summed E-state index contributed by atoms with van der Waals surface area (Å²) in [5.41, 5.74) is 0. The van der Waals surface area contributed by atoms with Crippen molar-refractivity contribution < 1.29 is 57.8 Å². The van der Waals surface area contributed by atoms with Crippen molar-refractivity contribution in [2.75, 3.05) is 65.9 Å². The van der Waals surface area contributed by atoms with Gasteiger partial charge < -0.3 is 49.3 Å². The molecule has 0 saturated carbocycles. The number of carboxylic acid groups (broad SMARTS) is 2. The molecule has 310 valence electrons. The van der Waals surface area contributed by atoms with Gasteiger partial charge in [-0.1, -0.05) is 115 Å². The Morgan fingerprint density at radius 3 is 0.944 bits per heavy atom. The Kier molecular flexibility index (Phi) is 32.9. The molecule has 4 unspecified atom stereocenters.